The van der Waals surface area contributed by atoms with E-state index in [4.69, 9.17) is 4.74 Å². The van der Waals surface area contributed by atoms with Crippen molar-refractivity contribution in [1.82, 2.24) is 9.88 Å². The molecular formula is C23H26N2O. The van der Waals surface area contributed by atoms with E-state index in [1.807, 2.05) is 13.0 Å². The van der Waals surface area contributed by atoms with Crippen LogP contribution in [0.3, 0.4) is 0 Å². The largest absolute Gasteiger partial charge is 0.488 e. The van der Waals surface area contributed by atoms with Crippen molar-refractivity contribution in [3.8, 4) is 5.75 Å². The number of hydrogen-bond donors (Lipinski definition) is 0. The van der Waals surface area contributed by atoms with E-state index in [-0.39, 0.29) is 6.10 Å². The monoisotopic (exact) mass is 346 g/mol. The van der Waals surface area contributed by atoms with Crippen molar-refractivity contribution in [2.45, 2.75) is 39.3 Å². The molecule has 1 aliphatic rings. The van der Waals surface area contributed by atoms with Crippen molar-refractivity contribution in [1.29, 1.82) is 0 Å². The molecule has 0 saturated carbocycles. The molecule has 3 aromatic rings. The van der Waals surface area contributed by atoms with Crippen LogP contribution in [0.1, 0.15) is 29.7 Å². The van der Waals surface area contributed by atoms with Crippen LogP contribution < -0.4 is 4.74 Å². The van der Waals surface area contributed by atoms with Gasteiger partial charge in [0.05, 0.1) is 5.52 Å². The quantitative estimate of drug-likeness (QED) is 0.672. The summed E-state index contributed by atoms with van der Waals surface area (Å²) in [4.78, 5) is 7.13. The molecule has 0 spiro atoms. The van der Waals surface area contributed by atoms with Crippen molar-refractivity contribution in [3.63, 3.8) is 0 Å². The molecule has 1 aliphatic heterocycles. The molecule has 1 aromatic heterocycles. The van der Waals surface area contributed by atoms with E-state index in [1.54, 1.807) is 0 Å². The van der Waals surface area contributed by atoms with Crippen molar-refractivity contribution >= 4 is 10.9 Å². The summed E-state index contributed by atoms with van der Waals surface area (Å²) in [5.41, 5.74) is 4.70. The predicted octanol–water partition coefficient (Wildman–Crippen LogP) is 4.90. The first-order valence-corrected chi connectivity index (χ1v) is 9.48. The number of hydrogen-bond acceptors (Lipinski definition) is 3. The molecule has 3 heteroatoms. The summed E-state index contributed by atoms with van der Waals surface area (Å²) in [5.74, 6) is 0.968. The highest BCUT2D eigenvalue weighted by Gasteiger charge is 2.22. The van der Waals surface area contributed by atoms with Crippen LogP contribution in [-0.2, 0) is 6.54 Å². The minimum absolute atomic E-state index is 0.236. The van der Waals surface area contributed by atoms with Gasteiger partial charge in [0.25, 0.3) is 0 Å². The van der Waals surface area contributed by atoms with Crippen molar-refractivity contribution in [2.24, 2.45) is 0 Å². The average Bonchev–Trinajstić information content (AvgIpc) is 2.64. The van der Waals surface area contributed by atoms with Crippen LogP contribution in [-0.4, -0.2) is 29.1 Å². The summed E-state index contributed by atoms with van der Waals surface area (Å²) in [7, 11) is 0. The molecule has 3 nitrogen and oxygen atoms in total. The molecule has 2 aromatic carbocycles. The van der Waals surface area contributed by atoms with E-state index in [1.165, 1.54) is 17.5 Å². The van der Waals surface area contributed by atoms with Gasteiger partial charge in [-0.1, -0.05) is 42.0 Å². The lowest BCUT2D eigenvalue weighted by Gasteiger charge is -2.33. The Kier molecular flexibility index (Phi) is 4.89. The van der Waals surface area contributed by atoms with E-state index in [0.717, 1.165) is 48.4 Å². The molecule has 0 amide bonds. The molecule has 0 N–H and O–H groups in total. The molecule has 4 rings (SSSR count). The number of fused-ring (bicyclic) bond motifs is 1. The third-order valence-corrected chi connectivity index (χ3v) is 5.09. The van der Waals surface area contributed by atoms with Gasteiger partial charge in [0.2, 0.25) is 0 Å². The number of benzene rings is 2. The lowest BCUT2D eigenvalue weighted by atomic mass is 10.1. The molecule has 0 aliphatic carbocycles. The third-order valence-electron chi connectivity index (χ3n) is 5.09. The van der Waals surface area contributed by atoms with Crippen LogP contribution in [0.5, 0.6) is 5.75 Å². The second-order valence-corrected chi connectivity index (χ2v) is 7.38. The topological polar surface area (TPSA) is 25.4 Å². The van der Waals surface area contributed by atoms with E-state index < -0.39 is 0 Å². The molecule has 0 bridgehead atoms. The van der Waals surface area contributed by atoms with Crippen molar-refractivity contribution < 1.29 is 4.74 Å². The number of aryl methyl sites for hydroxylation is 2. The van der Waals surface area contributed by atoms with Crippen LogP contribution >= 0.6 is 0 Å². The van der Waals surface area contributed by atoms with Gasteiger partial charge in [-0.25, -0.2) is 0 Å². The summed E-state index contributed by atoms with van der Waals surface area (Å²) in [6, 6.07) is 19.2. The second kappa shape index (κ2) is 7.46. The Morgan fingerprint density at radius 3 is 2.73 bits per heavy atom. The lowest BCUT2D eigenvalue weighted by Crippen LogP contribution is -2.40. The minimum Gasteiger partial charge on any atom is -0.488 e. The van der Waals surface area contributed by atoms with Gasteiger partial charge in [-0.3, -0.25) is 9.88 Å². The Morgan fingerprint density at radius 2 is 1.88 bits per heavy atom. The average molecular weight is 346 g/mol. The number of pyridine rings is 1. The number of aromatic nitrogens is 1. The number of piperidine rings is 1. The Bertz CT molecular complexity index is 888. The van der Waals surface area contributed by atoms with E-state index in [0.29, 0.717) is 0 Å². The fraction of sp³-hybridized carbons (Fsp3) is 0.348. The summed E-state index contributed by atoms with van der Waals surface area (Å²) in [6.07, 6.45) is 2.53. The highest BCUT2D eigenvalue weighted by Crippen LogP contribution is 2.28. The molecule has 26 heavy (non-hydrogen) atoms. The fourth-order valence-corrected chi connectivity index (χ4v) is 3.75. The SMILES string of the molecule is Cc1ccc(CN2CCCC(Oc3cc(C)nc4ccccc34)C2)cc1. The number of rotatable bonds is 4. The van der Waals surface area contributed by atoms with E-state index in [9.17, 15) is 0 Å². The normalized spacial score (nSPS) is 18.2. The summed E-state index contributed by atoms with van der Waals surface area (Å²) in [6.45, 7) is 7.28. The first kappa shape index (κ1) is 17.0. The zero-order valence-electron chi connectivity index (χ0n) is 15.6. The lowest BCUT2D eigenvalue weighted by molar-refractivity contribution is 0.0853. The first-order valence-electron chi connectivity index (χ1n) is 9.48. The van der Waals surface area contributed by atoms with Gasteiger partial charge >= 0.3 is 0 Å². The first-order chi connectivity index (χ1) is 12.7. The third kappa shape index (κ3) is 3.88. The molecule has 1 saturated heterocycles. The van der Waals surface area contributed by atoms with Crippen molar-refractivity contribution in [2.75, 3.05) is 13.1 Å². The second-order valence-electron chi connectivity index (χ2n) is 7.38. The van der Waals surface area contributed by atoms with Gasteiger partial charge in [-0.2, -0.15) is 0 Å². The number of para-hydroxylation sites is 1. The Hall–Kier alpha value is -2.39. The van der Waals surface area contributed by atoms with Crippen LogP contribution in [0, 0.1) is 13.8 Å². The van der Waals surface area contributed by atoms with Gasteiger partial charge in [-0.15, -0.1) is 0 Å². The minimum atomic E-state index is 0.236. The van der Waals surface area contributed by atoms with E-state index >= 15 is 0 Å². The van der Waals surface area contributed by atoms with E-state index in [2.05, 4.69) is 65.3 Å². The summed E-state index contributed by atoms with van der Waals surface area (Å²) in [5, 5.41) is 1.11. The molecular weight excluding hydrogens is 320 g/mol. The molecule has 1 fully saturated rings. The maximum absolute atomic E-state index is 6.45. The number of ether oxygens (including phenoxy) is 1. The van der Waals surface area contributed by atoms with Gasteiger partial charge in [0.1, 0.15) is 11.9 Å². The van der Waals surface area contributed by atoms with Crippen LogP contribution in [0.4, 0.5) is 0 Å². The highest BCUT2D eigenvalue weighted by molar-refractivity contribution is 5.85. The van der Waals surface area contributed by atoms with Crippen LogP contribution in [0.2, 0.25) is 0 Å². The fourth-order valence-electron chi connectivity index (χ4n) is 3.75. The maximum Gasteiger partial charge on any atom is 0.130 e. The Morgan fingerprint density at radius 1 is 1.08 bits per heavy atom. The van der Waals surface area contributed by atoms with Gasteiger partial charge in [0.15, 0.2) is 0 Å². The van der Waals surface area contributed by atoms with Gasteiger partial charge in [-0.05, 0) is 50.9 Å². The molecule has 0 radical (unpaired) electrons. The van der Waals surface area contributed by atoms with Crippen LogP contribution in [0.25, 0.3) is 10.9 Å². The number of likely N-dealkylation sites (tertiary alicyclic amines) is 1. The smallest absolute Gasteiger partial charge is 0.130 e. The van der Waals surface area contributed by atoms with Crippen LogP contribution in [0.15, 0.2) is 54.6 Å². The Balaban J connectivity index is 1.48. The van der Waals surface area contributed by atoms with Crippen molar-refractivity contribution in [3.05, 3.63) is 71.4 Å². The zero-order valence-corrected chi connectivity index (χ0v) is 15.6. The summed E-state index contributed by atoms with van der Waals surface area (Å²) < 4.78 is 6.45. The number of nitrogens with zero attached hydrogens (tertiary/aromatic N) is 2. The molecule has 2 heterocycles. The maximum atomic E-state index is 6.45. The zero-order chi connectivity index (χ0) is 17.9. The highest BCUT2D eigenvalue weighted by atomic mass is 16.5. The molecule has 1 atom stereocenters. The van der Waals surface area contributed by atoms with Gasteiger partial charge < -0.3 is 4.74 Å². The standard InChI is InChI=1S/C23H26N2O/c1-17-9-11-19(12-10-17)15-25-13-5-6-20(16-25)26-23-14-18(2)24-22-8-4-3-7-21(22)23/h3-4,7-12,14,20H,5-6,13,15-16H2,1-2H3. The molecule has 134 valence electrons. The predicted molar refractivity (Wildman–Crippen MR) is 107 cm³/mol. The summed E-state index contributed by atoms with van der Waals surface area (Å²) >= 11 is 0. The molecule has 1 unspecified atom stereocenters. The van der Waals surface area contributed by atoms with Gasteiger partial charge in [0, 0.05) is 30.2 Å². The Labute approximate surface area is 155 Å².